The molecule has 0 bridgehead atoms. The van der Waals surface area contributed by atoms with Crippen molar-refractivity contribution in [2.24, 2.45) is 17.3 Å². The summed E-state index contributed by atoms with van der Waals surface area (Å²) in [4.78, 5) is 14.1. The van der Waals surface area contributed by atoms with E-state index in [2.05, 4.69) is 73.2 Å². The van der Waals surface area contributed by atoms with Crippen LogP contribution in [0.3, 0.4) is 0 Å². The van der Waals surface area contributed by atoms with Crippen molar-refractivity contribution in [3.63, 3.8) is 0 Å². The van der Waals surface area contributed by atoms with E-state index in [1.165, 1.54) is 11.3 Å². The number of carbonyl (C=O) groups excluding carboxylic acids is 1. The fraction of sp³-hybridized carbons (Fsp3) is 0.577. The Kier molecular flexibility index (Phi) is 8.73. The smallest absolute Gasteiger partial charge is 0.185 e. The zero-order valence-corrected chi connectivity index (χ0v) is 19.3. The van der Waals surface area contributed by atoms with E-state index in [4.69, 9.17) is 0 Å². The third-order valence-electron chi connectivity index (χ3n) is 6.56. The van der Waals surface area contributed by atoms with E-state index >= 15 is 0 Å². The van der Waals surface area contributed by atoms with E-state index in [-0.39, 0.29) is 17.2 Å². The van der Waals surface area contributed by atoms with Gasteiger partial charge >= 0.3 is 0 Å². The highest BCUT2D eigenvalue weighted by Gasteiger charge is 2.37. The lowest BCUT2D eigenvalue weighted by molar-refractivity contribution is -0.111. The zero-order chi connectivity index (χ0) is 21.6. The quantitative estimate of drug-likeness (QED) is 0.286. The molecule has 0 N–H and O–H groups in total. The second kappa shape index (κ2) is 10.1. The number of allylic oxidation sites excluding steroid dienone is 5. The van der Waals surface area contributed by atoms with Crippen LogP contribution < -0.4 is 0 Å². The summed E-state index contributed by atoms with van der Waals surface area (Å²) >= 11 is 0. The van der Waals surface area contributed by atoms with Crippen LogP contribution >= 0.6 is 0 Å². The third-order valence-corrected chi connectivity index (χ3v) is 6.56. The summed E-state index contributed by atoms with van der Waals surface area (Å²) < 4.78 is 0. The summed E-state index contributed by atoms with van der Waals surface area (Å²) in [6.45, 7) is 26.5. The Morgan fingerprint density at radius 3 is 2.25 bits per heavy atom. The molecule has 1 aliphatic rings. The van der Waals surface area contributed by atoms with E-state index in [1.54, 1.807) is 6.08 Å². The largest absolute Gasteiger partial charge is 0.371 e. The minimum absolute atomic E-state index is 0.00587. The first kappa shape index (κ1) is 24.2. The van der Waals surface area contributed by atoms with Crippen LogP contribution in [0.5, 0.6) is 0 Å². The van der Waals surface area contributed by atoms with E-state index in [9.17, 15) is 4.79 Å². The predicted octanol–water partition coefficient (Wildman–Crippen LogP) is 6.88. The Balaban J connectivity index is 3.19. The molecule has 1 rings (SSSR count). The molecule has 0 saturated heterocycles. The van der Waals surface area contributed by atoms with Crippen molar-refractivity contribution in [2.75, 3.05) is 7.05 Å². The van der Waals surface area contributed by atoms with Crippen LogP contribution in [0.15, 0.2) is 60.4 Å². The first-order valence-corrected chi connectivity index (χ1v) is 10.7. The van der Waals surface area contributed by atoms with Gasteiger partial charge in [-0.3, -0.25) is 4.79 Å². The summed E-state index contributed by atoms with van der Waals surface area (Å²) in [6, 6.07) is 0.157. The molecule has 2 heteroatoms. The topological polar surface area (TPSA) is 20.3 Å². The Morgan fingerprint density at radius 2 is 1.79 bits per heavy atom. The molecule has 0 amide bonds. The van der Waals surface area contributed by atoms with Crippen molar-refractivity contribution < 1.29 is 4.79 Å². The van der Waals surface area contributed by atoms with Gasteiger partial charge in [0.1, 0.15) is 0 Å². The van der Waals surface area contributed by atoms with E-state index in [1.807, 2.05) is 12.2 Å². The minimum Gasteiger partial charge on any atom is -0.371 e. The summed E-state index contributed by atoms with van der Waals surface area (Å²) in [5, 5.41) is 0. The van der Waals surface area contributed by atoms with Gasteiger partial charge in [-0.05, 0) is 48.8 Å². The van der Waals surface area contributed by atoms with Gasteiger partial charge in [-0.1, -0.05) is 79.3 Å². The summed E-state index contributed by atoms with van der Waals surface area (Å²) in [6.07, 6.45) is 9.44. The molecule has 1 aliphatic carbocycles. The average Bonchev–Trinajstić information content (AvgIpc) is 2.65. The highest BCUT2D eigenvalue weighted by Crippen LogP contribution is 2.44. The fourth-order valence-electron chi connectivity index (χ4n) is 4.27. The number of carbonyl (C=O) groups is 1. The van der Waals surface area contributed by atoms with Crippen molar-refractivity contribution in [2.45, 2.75) is 73.3 Å². The summed E-state index contributed by atoms with van der Waals surface area (Å²) in [7, 11) is 2.15. The van der Waals surface area contributed by atoms with E-state index in [0.29, 0.717) is 17.4 Å². The highest BCUT2D eigenvalue weighted by molar-refractivity contribution is 6.07. The Labute approximate surface area is 173 Å². The Hall–Kier alpha value is -1.83. The summed E-state index contributed by atoms with van der Waals surface area (Å²) in [5.41, 5.74) is 4.10. The molecule has 3 unspecified atom stereocenters. The number of likely N-dealkylation sites (N-methyl/N-ethyl adjacent to an activating group) is 1. The monoisotopic (exact) mass is 383 g/mol. The van der Waals surface area contributed by atoms with Crippen LogP contribution in [0.4, 0.5) is 0 Å². The minimum atomic E-state index is -0.00587. The van der Waals surface area contributed by atoms with Crippen molar-refractivity contribution >= 4 is 5.78 Å². The average molecular weight is 384 g/mol. The van der Waals surface area contributed by atoms with Gasteiger partial charge in [-0.25, -0.2) is 0 Å². The van der Waals surface area contributed by atoms with Gasteiger partial charge in [0.05, 0.1) is 6.04 Å². The van der Waals surface area contributed by atoms with Gasteiger partial charge in [0, 0.05) is 23.7 Å². The van der Waals surface area contributed by atoms with Crippen LogP contribution in [0.25, 0.3) is 0 Å². The maximum Gasteiger partial charge on any atom is 0.185 e. The molecule has 156 valence electrons. The van der Waals surface area contributed by atoms with Gasteiger partial charge in [0.25, 0.3) is 0 Å². The molecule has 3 atom stereocenters. The standard InChI is InChI=1S/C26H41NO/c1-11-19(5)24(16-23-13-14-25(28)20(6)15-23)27(10)22(8)26(9,17-18(3)4)21(7)12-2/h13-15,18,21,24H,5-6,8,11-12,16-17H2,1-4,7,9-10H3. The molecule has 2 nitrogen and oxygen atoms in total. The first-order valence-electron chi connectivity index (χ1n) is 10.7. The van der Waals surface area contributed by atoms with Gasteiger partial charge in [0.2, 0.25) is 0 Å². The van der Waals surface area contributed by atoms with Gasteiger partial charge in [-0.2, -0.15) is 0 Å². The number of ketones is 1. The molecule has 0 heterocycles. The maximum absolute atomic E-state index is 11.7. The lowest BCUT2D eigenvalue weighted by atomic mass is 9.68. The molecular formula is C26H41NO. The van der Waals surface area contributed by atoms with Crippen molar-refractivity contribution in [1.82, 2.24) is 4.90 Å². The van der Waals surface area contributed by atoms with Crippen LogP contribution in [-0.4, -0.2) is 23.8 Å². The fourth-order valence-corrected chi connectivity index (χ4v) is 4.27. The third kappa shape index (κ3) is 5.59. The van der Waals surface area contributed by atoms with Gasteiger partial charge in [0.15, 0.2) is 5.78 Å². The highest BCUT2D eigenvalue weighted by atomic mass is 16.1. The van der Waals surface area contributed by atoms with Crippen LogP contribution in [-0.2, 0) is 4.79 Å². The molecule has 0 radical (unpaired) electrons. The Bertz CT molecular complexity index is 679. The molecule has 0 aromatic carbocycles. The second-order valence-electron chi connectivity index (χ2n) is 9.06. The first-order chi connectivity index (χ1) is 13.0. The molecule has 28 heavy (non-hydrogen) atoms. The van der Waals surface area contributed by atoms with Crippen LogP contribution in [0.2, 0.25) is 0 Å². The number of hydrogen-bond acceptors (Lipinski definition) is 2. The van der Waals surface area contributed by atoms with E-state index in [0.717, 1.165) is 31.3 Å². The number of rotatable bonds is 11. The van der Waals surface area contributed by atoms with Crippen LogP contribution in [0.1, 0.15) is 67.2 Å². The SMILES string of the molecule is C=C1C=C(CC(C(=C)CC)N(C)C(=C)C(C)(CC(C)C)C(C)CC)C=CC1=O. The second-order valence-corrected chi connectivity index (χ2v) is 9.06. The number of hydrogen-bond donors (Lipinski definition) is 0. The van der Waals surface area contributed by atoms with Gasteiger partial charge in [-0.15, -0.1) is 0 Å². The van der Waals surface area contributed by atoms with Crippen molar-refractivity contribution in [1.29, 1.82) is 0 Å². The normalized spacial score (nSPS) is 18.5. The lowest BCUT2D eigenvalue weighted by Crippen LogP contribution is -2.42. The van der Waals surface area contributed by atoms with E-state index < -0.39 is 0 Å². The Morgan fingerprint density at radius 1 is 1.18 bits per heavy atom. The predicted molar refractivity (Wildman–Crippen MR) is 123 cm³/mol. The molecular weight excluding hydrogens is 342 g/mol. The maximum atomic E-state index is 11.7. The van der Waals surface area contributed by atoms with Crippen LogP contribution in [0, 0.1) is 17.3 Å². The van der Waals surface area contributed by atoms with Crippen molar-refractivity contribution in [3.8, 4) is 0 Å². The molecule has 0 aromatic heterocycles. The number of nitrogens with zero attached hydrogens (tertiary/aromatic N) is 1. The van der Waals surface area contributed by atoms with Gasteiger partial charge < -0.3 is 4.90 Å². The molecule has 0 saturated carbocycles. The molecule has 0 aliphatic heterocycles. The lowest BCUT2D eigenvalue weighted by Gasteiger charge is -2.46. The van der Waals surface area contributed by atoms with Crippen molar-refractivity contribution in [3.05, 3.63) is 60.4 Å². The molecule has 0 spiro atoms. The molecule has 0 aromatic rings. The molecule has 0 fully saturated rings. The zero-order valence-electron chi connectivity index (χ0n) is 19.3. The summed E-state index contributed by atoms with van der Waals surface area (Å²) in [5.74, 6) is 1.15.